The minimum atomic E-state index is -0.685. The molecule has 0 spiro atoms. The van der Waals surface area contributed by atoms with Gasteiger partial charge in [-0.05, 0) is 70.0 Å². The van der Waals surface area contributed by atoms with E-state index in [0.717, 1.165) is 12.1 Å². The fourth-order valence-corrected chi connectivity index (χ4v) is 2.85. The van der Waals surface area contributed by atoms with E-state index in [2.05, 4.69) is 15.9 Å². The topological polar surface area (TPSA) is 43.4 Å². The van der Waals surface area contributed by atoms with E-state index >= 15 is 0 Å². The third-order valence-corrected chi connectivity index (χ3v) is 4.49. The first-order valence-corrected chi connectivity index (χ1v) is 8.97. The van der Waals surface area contributed by atoms with Gasteiger partial charge in [-0.2, -0.15) is 0 Å². The van der Waals surface area contributed by atoms with Crippen molar-refractivity contribution in [3.05, 3.63) is 106 Å². The maximum Gasteiger partial charge on any atom is 0.344 e. The van der Waals surface area contributed by atoms with Gasteiger partial charge >= 0.3 is 5.97 Å². The van der Waals surface area contributed by atoms with Crippen molar-refractivity contribution in [2.24, 2.45) is 0 Å². The Morgan fingerprint density at radius 2 is 1.54 bits per heavy atom. The molecule has 3 nitrogen and oxygen atoms in total. The van der Waals surface area contributed by atoms with Gasteiger partial charge in [0.2, 0.25) is 0 Å². The first-order chi connectivity index (χ1) is 13.4. The van der Waals surface area contributed by atoms with Gasteiger partial charge in [0.1, 0.15) is 17.4 Å². The number of allylic oxidation sites excluding steroid dienone is 1. The van der Waals surface area contributed by atoms with Crippen LogP contribution in [-0.2, 0) is 0 Å². The highest BCUT2D eigenvalue weighted by molar-refractivity contribution is 9.10. The molecule has 0 unspecified atom stereocenters. The number of halogens is 3. The van der Waals surface area contributed by atoms with Crippen LogP contribution >= 0.6 is 15.9 Å². The summed E-state index contributed by atoms with van der Waals surface area (Å²) in [5.74, 6) is -2.33. The van der Waals surface area contributed by atoms with Crippen molar-refractivity contribution in [3.8, 4) is 5.75 Å². The summed E-state index contributed by atoms with van der Waals surface area (Å²) >= 11 is 3.26. The number of ketones is 1. The molecule has 0 aliphatic rings. The van der Waals surface area contributed by atoms with Gasteiger partial charge in [-0.15, -0.1) is 0 Å². The summed E-state index contributed by atoms with van der Waals surface area (Å²) in [6.45, 7) is 0. The van der Waals surface area contributed by atoms with E-state index in [-0.39, 0.29) is 16.9 Å². The number of rotatable bonds is 5. The zero-order valence-corrected chi connectivity index (χ0v) is 16.0. The van der Waals surface area contributed by atoms with E-state index in [1.807, 2.05) is 0 Å². The predicted octanol–water partition coefficient (Wildman–Crippen LogP) is 5.84. The molecule has 0 atom stereocenters. The quantitative estimate of drug-likeness (QED) is 0.215. The highest BCUT2D eigenvalue weighted by atomic mass is 79.9. The van der Waals surface area contributed by atoms with Crippen molar-refractivity contribution >= 4 is 33.8 Å². The molecule has 0 radical (unpaired) electrons. The molecule has 0 fully saturated rings. The van der Waals surface area contributed by atoms with Crippen molar-refractivity contribution in [1.82, 2.24) is 0 Å². The SMILES string of the molecule is O=C(Oc1ccc(F)cc1C(=O)/C=C/c1ccc(F)cc1)c1ccccc1Br. The molecule has 140 valence electrons. The van der Waals surface area contributed by atoms with E-state index in [1.54, 1.807) is 24.3 Å². The normalized spacial score (nSPS) is 10.8. The molecule has 0 amide bonds. The van der Waals surface area contributed by atoms with Gasteiger partial charge in [0.15, 0.2) is 5.78 Å². The Hall–Kier alpha value is -3.12. The zero-order chi connectivity index (χ0) is 20.1. The van der Waals surface area contributed by atoms with Crippen LogP contribution in [0.3, 0.4) is 0 Å². The largest absolute Gasteiger partial charge is 0.422 e. The van der Waals surface area contributed by atoms with E-state index in [0.29, 0.717) is 10.0 Å². The Morgan fingerprint density at radius 1 is 0.857 bits per heavy atom. The lowest BCUT2D eigenvalue weighted by Crippen LogP contribution is -2.12. The van der Waals surface area contributed by atoms with E-state index in [9.17, 15) is 18.4 Å². The van der Waals surface area contributed by atoms with Gasteiger partial charge in [0.05, 0.1) is 11.1 Å². The summed E-state index contributed by atoms with van der Waals surface area (Å²) < 4.78 is 32.5. The van der Waals surface area contributed by atoms with Crippen LogP contribution in [0, 0.1) is 11.6 Å². The molecule has 0 saturated carbocycles. The number of carbonyl (C=O) groups excluding carboxylic acids is 2. The van der Waals surface area contributed by atoms with Crippen LogP contribution < -0.4 is 4.74 Å². The molecule has 28 heavy (non-hydrogen) atoms. The second-order valence-corrected chi connectivity index (χ2v) is 6.61. The molecule has 0 bridgehead atoms. The third kappa shape index (κ3) is 4.78. The van der Waals surface area contributed by atoms with Crippen LogP contribution in [0.2, 0.25) is 0 Å². The molecule has 0 N–H and O–H groups in total. The number of carbonyl (C=O) groups is 2. The maximum absolute atomic E-state index is 13.7. The van der Waals surface area contributed by atoms with Crippen LogP contribution in [-0.4, -0.2) is 11.8 Å². The predicted molar refractivity (Wildman–Crippen MR) is 105 cm³/mol. The molecule has 0 aliphatic heterocycles. The Labute approximate surface area is 168 Å². The maximum atomic E-state index is 13.7. The standard InChI is InChI=1S/C22H13BrF2O3/c23-19-4-2-1-3-17(19)22(27)28-21-12-10-16(25)13-18(21)20(26)11-7-14-5-8-15(24)9-6-14/h1-13H/b11-7+. The Morgan fingerprint density at radius 3 is 2.25 bits per heavy atom. The molecule has 0 saturated heterocycles. The molecular weight excluding hydrogens is 430 g/mol. The minimum Gasteiger partial charge on any atom is -0.422 e. The Balaban J connectivity index is 1.86. The number of hydrogen-bond acceptors (Lipinski definition) is 3. The van der Waals surface area contributed by atoms with Gasteiger partial charge in [-0.25, -0.2) is 13.6 Å². The average molecular weight is 443 g/mol. The highest BCUT2D eigenvalue weighted by Gasteiger charge is 2.17. The molecule has 3 aromatic carbocycles. The van der Waals surface area contributed by atoms with Crippen LogP contribution in [0.5, 0.6) is 5.75 Å². The second-order valence-electron chi connectivity index (χ2n) is 5.76. The fourth-order valence-electron chi connectivity index (χ4n) is 2.40. The number of benzene rings is 3. The molecule has 0 aromatic heterocycles. The molecular formula is C22H13BrF2O3. The molecule has 0 aliphatic carbocycles. The van der Waals surface area contributed by atoms with Gasteiger partial charge < -0.3 is 4.74 Å². The number of esters is 1. The average Bonchev–Trinajstić information content (AvgIpc) is 2.69. The second kappa shape index (κ2) is 8.71. The lowest BCUT2D eigenvalue weighted by molar-refractivity contribution is 0.0732. The lowest BCUT2D eigenvalue weighted by Gasteiger charge is -2.09. The Kier molecular flexibility index (Phi) is 6.11. The minimum absolute atomic E-state index is 0.0593. The summed E-state index contributed by atoms with van der Waals surface area (Å²) in [7, 11) is 0. The monoisotopic (exact) mass is 442 g/mol. The van der Waals surface area contributed by atoms with E-state index in [1.165, 1.54) is 42.5 Å². The van der Waals surface area contributed by atoms with Crippen LogP contribution in [0.25, 0.3) is 6.08 Å². The summed E-state index contributed by atoms with van der Waals surface area (Å²) in [6, 6.07) is 15.5. The lowest BCUT2D eigenvalue weighted by atomic mass is 10.1. The van der Waals surface area contributed by atoms with Gasteiger partial charge in [0.25, 0.3) is 0 Å². The van der Waals surface area contributed by atoms with Gasteiger partial charge in [-0.1, -0.05) is 30.3 Å². The number of ether oxygens (including phenoxy) is 1. The van der Waals surface area contributed by atoms with Crippen LogP contribution in [0.4, 0.5) is 8.78 Å². The first-order valence-electron chi connectivity index (χ1n) is 8.18. The third-order valence-electron chi connectivity index (χ3n) is 3.80. The fraction of sp³-hybridized carbons (Fsp3) is 0. The van der Waals surface area contributed by atoms with Crippen molar-refractivity contribution in [1.29, 1.82) is 0 Å². The van der Waals surface area contributed by atoms with Crippen LogP contribution in [0.1, 0.15) is 26.3 Å². The smallest absolute Gasteiger partial charge is 0.344 e. The van der Waals surface area contributed by atoms with Gasteiger partial charge in [-0.3, -0.25) is 4.79 Å². The summed E-state index contributed by atoms with van der Waals surface area (Å²) in [5.41, 5.74) is 0.767. The highest BCUT2D eigenvalue weighted by Crippen LogP contribution is 2.24. The molecule has 0 heterocycles. The van der Waals surface area contributed by atoms with Crippen molar-refractivity contribution in [3.63, 3.8) is 0 Å². The summed E-state index contributed by atoms with van der Waals surface area (Å²) in [5, 5.41) is 0. The molecule has 6 heteroatoms. The van der Waals surface area contributed by atoms with E-state index < -0.39 is 23.4 Å². The van der Waals surface area contributed by atoms with Crippen molar-refractivity contribution in [2.45, 2.75) is 0 Å². The first kappa shape index (κ1) is 19.6. The van der Waals surface area contributed by atoms with Crippen molar-refractivity contribution < 1.29 is 23.1 Å². The number of hydrogen-bond donors (Lipinski definition) is 0. The zero-order valence-electron chi connectivity index (χ0n) is 14.4. The summed E-state index contributed by atoms with van der Waals surface area (Å²) in [6.07, 6.45) is 2.67. The van der Waals surface area contributed by atoms with Gasteiger partial charge in [0, 0.05) is 4.47 Å². The summed E-state index contributed by atoms with van der Waals surface area (Å²) in [4.78, 5) is 24.9. The van der Waals surface area contributed by atoms with Crippen molar-refractivity contribution in [2.75, 3.05) is 0 Å². The molecule has 3 rings (SSSR count). The van der Waals surface area contributed by atoms with E-state index in [4.69, 9.17) is 4.74 Å². The Bertz CT molecular complexity index is 1060. The van der Waals surface area contributed by atoms with Crippen LogP contribution in [0.15, 0.2) is 77.3 Å². The molecule has 3 aromatic rings.